The number of halogens is 4. The Bertz CT molecular complexity index is 1470. The molecule has 0 saturated carbocycles. The van der Waals surface area contributed by atoms with Crippen LogP contribution in [0.2, 0.25) is 10.0 Å². The number of rotatable bonds is 4. The van der Waals surface area contributed by atoms with Gasteiger partial charge in [-0.05, 0) is 86.2 Å². The van der Waals surface area contributed by atoms with Crippen molar-refractivity contribution in [3.05, 3.63) is 87.4 Å². The maximum atomic E-state index is 15.2. The highest BCUT2D eigenvalue weighted by Crippen LogP contribution is 2.47. The zero-order valence-corrected chi connectivity index (χ0v) is 22.6. The molecule has 3 heterocycles. The predicted molar refractivity (Wildman–Crippen MR) is 149 cm³/mol. The Morgan fingerprint density at radius 3 is 2.45 bits per heavy atom. The van der Waals surface area contributed by atoms with Gasteiger partial charge in [0.25, 0.3) is 0 Å². The standard InChI is InChI=1S/C30H27Cl2F2N3O/c1-16(2)36-20-7-8-21(36)11-17(10-20)18-12-23(22-9-6-19(33)14-27(22)34)24-15-35-30(38)37(28(24)13-18)29-25(31)4-3-5-26(29)32/h3-6,9-10,12-14,16,20-21H,7-8,11,15H2,1-2H3,(H,35,38). The molecule has 0 aliphatic carbocycles. The second-order valence-electron chi connectivity index (χ2n) is 10.4. The van der Waals surface area contributed by atoms with Crippen LogP contribution in [0.15, 0.2) is 54.6 Å². The third-order valence-corrected chi connectivity index (χ3v) is 8.50. The van der Waals surface area contributed by atoms with E-state index >= 15 is 4.39 Å². The number of nitrogens with zero attached hydrogens (tertiary/aromatic N) is 2. The number of hydrogen-bond acceptors (Lipinski definition) is 2. The summed E-state index contributed by atoms with van der Waals surface area (Å²) < 4.78 is 29.0. The van der Waals surface area contributed by atoms with E-state index in [0.717, 1.165) is 36.5 Å². The Hall–Kier alpha value is -2.93. The molecule has 4 nitrogen and oxygen atoms in total. The van der Waals surface area contributed by atoms with Crippen LogP contribution in [0.25, 0.3) is 16.7 Å². The van der Waals surface area contributed by atoms with Gasteiger partial charge in [0, 0.05) is 41.9 Å². The van der Waals surface area contributed by atoms with Crippen molar-refractivity contribution < 1.29 is 13.6 Å². The van der Waals surface area contributed by atoms with E-state index in [4.69, 9.17) is 23.2 Å². The number of benzene rings is 3. The molecule has 0 aromatic heterocycles. The molecule has 3 aliphatic heterocycles. The number of carbonyl (C=O) groups is 1. The molecule has 2 unspecified atom stereocenters. The minimum absolute atomic E-state index is 0.185. The summed E-state index contributed by atoms with van der Waals surface area (Å²) >= 11 is 13.1. The molecule has 0 radical (unpaired) electrons. The van der Waals surface area contributed by atoms with Crippen molar-refractivity contribution in [1.29, 1.82) is 0 Å². The van der Waals surface area contributed by atoms with E-state index in [1.54, 1.807) is 18.2 Å². The summed E-state index contributed by atoms with van der Waals surface area (Å²) in [5, 5.41) is 3.52. The van der Waals surface area contributed by atoms with Gasteiger partial charge < -0.3 is 5.32 Å². The summed E-state index contributed by atoms with van der Waals surface area (Å²) in [7, 11) is 0. The largest absolute Gasteiger partial charge is 0.333 e. The molecule has 8 heteroatoms. The molecular weight excluding hydrogens is 527 g/mol. The highest BCUT2D eigenvalue weighted by Gasteiger charge is 2.39. The molecule has 3 aromatic rings. The van der Waals surface area contributed by atoms with Gasteiger partial charge in [0.15, 0.2) is 0 Å². The molecule has 2 amide bonds. The maximum Gasteiger partial charge on any atom is 0.326 e. The molecule has 196 valence electrons. The lowest BCUT2D eigenvalue weighted by molar-refractivity contribution is 0.166. The van der Waals surface area contributed by atoms with Gasteiger partial charge in [-0.3, -0.25) is 9.80 Å². The maximum absolute atomic E-state index is 15.2. The van der Waals surface area contributed by atoms with E-state index < -0.39 is 11.6 Å². The number of carbonyl (C=O) groups excluding carboxylic acids is 1. The minimum atomic E-state index is -0.660. The van der Waals surface area contributed by atoms with Crippen LogP contribution in [0.1, 0.15) is 44.2 Å². The van der Waals surface area contributed by atoms with Crippen LogP contribution in [-0.2, 0) is 6.54 Å². The summed E-state index contributed by atoms with van der Waals surface area (Å²) in [6.45, 7) is 4.63. The van der Waals surface area contributed by atoms with Crippen LogP contribution < -0.4 is 10.2 Å². The molecule has 6 rings (SSSR count). The molecule has 1 fully saturated rings. The van der Waals surface area contributed by atoms with E-state index in [2.05, 4.69) is 30.1 Å². The topological polar surface area (TPSA) is 35.6 Å². The van der Waals surface area contributed by atoms with Crippen molar-refractivity contribution in [2.75, 3.05) is 4.90 Å². The normalized spacial score (nSPS) is 21.0. The second-order valence-corrected chi connectivity index (χ2v) is 11.3. The lowest BCUT2D eigenvalue weighted by atomic mass is 9.87. The highest BCUT2D eigenvalue weighted by atomic mass is 35.5. The number of fused-ring (bicyclic) bond motifs is 3. The summed E-state index contributed by atoms with van der Waals surface area (Å²) in [6.07, 6.45) is 5.39. The molecular formula is C30H27Cl2F2N3O. The fourth-order valence-electron chi connectivity index (χ4n) is 6.33. The zero-order valence-electron chi connectivity index (χ0n) is 21.1. The lowest BCUT2D eigenvalue weighted by Crippen LogP contribution is -2.43. The first-order valence-corrected chi connectivity index (χ1v) is 13.6. The first kappa shape index (κ1) is 25.4. The molecule has 1 N–H and O–H groups in total. The third kappa shape index (κ3) is 4.19. The Kier molecular flexibility index (Phi) is 6.45. The minimum Gasteiger partial charge on any atom is -0.333 e. The van der Waals surface area contributed by atoms with Crippen LogP contribution in [0.4, 0.5) is 25.0 Å². The van der Waals surface area contributed by atoms with Crippen molar-refractivity contribution >= 4 is 46.2 Å². The molecule has 3 aromatic carbocycles. The SMILES string of the molecule is CC(C)N1C2C=C(c3cc(-c4ccc(F)cc4F)c4c(c3)N(c3c(Cl)cccc3Cl)C(=O)NC4)CC1CC2. The van der Waals surface area contributed by atoms with Crippen LogP contribution in [-0.4, -0.2) is 29.1 Å². The average Bonchev–Trinajstić information content (AvgIpc) is 3.14. The van der Waals surface area contributed by atoms with Crippen molar-refractivity contribution in [2.24, 2.45) is 0 Å². The van der Waals surface area contributed by atoms with Crippen molar-refractivity contribution in [3.8, 4) is 11.1 Å². The predicted octanol–water partition coefficient (Wildman–Crippen LogP) is 8.33. The Labute approximate surface area is 230 Å². The van der Waals surface area contributed by atoms with E-state index in [9.17, 15) is 9.18 Å². The molecule has 2 atom stereocenters. The molecule has 38 heavy (non-hydrogen) atoms. The Morgan fingerprint density at radius 1 is 1.00 bits per heavy atom. The van der Waals surface area contributed by atoms with Gasteiger partial charge in [0.05, 0.1) is 21.4 Å². The lowest BCUT2D eigenvalue weighted by Gasteiger charge is -2.38. The van der Waals surface area contributed by atoms with Crippen molar-refractivity contribution in [3.63, 3.8) is 0 Å². The van der Waals surface area contributed by atoms with Crippen LogP contribution in [0, 0.1) is 11.6 Å². The number of hydrogen-bond donors (Lipinski definition) is 1. The van der Waals surface area contributed by atoms with Crippen LogP contribution >= 0.6 is 23.2 Å². The van der Waals surface area contributed by atoms with Gasteiger partial charge in [-0.1, -0.05) is 35.3 Å². The summed E-state index contributed by atoms with van der Waals surface area (Å²) in [6, 6.07) is 13.4. The second kappa shape index (κ2) is 9.67. The summed E-state index contributed by atoms with van der Waals surface area (Å²) in [5.41, 5.74) is 4.60. The number of anilines is 2. The smallest absolute Gasteiger partial charge is 0.326 e. The van der Waals surface area contributed by atoms with Gasteiger partial charge >= 0.3 is 6.03 Å². The zero-order chi connectivity index (χ0) is 26.7. The van der Waals surface area contributed by atoms with Gasteiger partial charge in [0.2, 0.25) is 0 Å². The van der Waals surface area contributed by atoms with Gasteiger partial charge in [-0.2, -0.15) is 0 Å². The van der Waals surface area contributed by atoms with Crippen LogP contribution in [0.5, 0.6) is 0 Å². The molecule has 2 bridgehead atoms. The highest BCUT2D eigenvalue weighted by molar-refractivity contribution is 6.40. The fraction of sp³-hybridized carbons (Fsp3) is 0.300. The Balaban J connectivity index is 1.58. The first-order chi connectivity index (χ1) is 18.2. The van der Waals surface area contributed by atoms with E-state index in [1.165, 1.54) is 17.0 Å². The van der Waals surface area contributed by atoms with Crippen molar-refractivity contribution in [2.45, 2.75) is 57.8 Å². The number of urea groups is 1. The number of amides is 2. The first-order valence-electron chi connectivity index (χ1n) is 12.9. The fourth-order valence-corrected chi connectivity index (χ4v) is 6.90. The van der Waals surface area contributed by atoms with E-state index in [-0.39, 0.29) is 18.1 Å². The van der Waals surface area contributed by atoms with E-state index in [1.807, 2.05) is 12.1 Å². The monoisotopic (exact) mass is 553 g/mol. The van der Waals surface area contributed by atoms with Gasteiger partial charge in [-0.25, -0.2) is 13.6 Å². The molecule has 0 spiro atoms. The molecule has 1 saturated heterocycles. The summed E-state index contributed by atoms with van der Waals surface area (Å²) in [5.74, 6) is -1.30. The quantitative estimate of drug-likeness (QED) is 0.352. The van der Waals surface area contributed by atoms with E-state index in [0.29, 0.717) is 50.7 Å². The number of nitrogens with one attached hydrogen (secondary N) is 1. The van der Waals surface area contributed by atoms with Gasteiger partial charge in [0.1, 0.15) is 11.6 Å². The van der Waals surface area contributed by atoms with Crippen LogP contribution in [0.3, 0.4) is 0 Å². The third-order valence-electron chi connectivity index (χ3n) is 7.89. The molecule has 3 aliphatic rings. The van der Waals surface area contributed by atoms with Crippen molar-refractivity contribution in [1.82, 2.24) is 10.2 Å². The Morgan fingerprint density at radius 2 is 1.76 bits per heavy atom. The summed E-state index contributed by atoms with van der Waals surface area (Å²) in [4.78, 5) is 17.3. The van der Waals surface area contributed by atoms with Gasteiger partial charge in [-0.15, -0.1) is 0 Å². The number of para-hydroxylation sites is 1. The average molecular weight is 554 g/mol.